The van der Waals surface area contributed by atoms with E-state index in [0.29, 0.717) is 17.8 Å². The van der Waals surface area contributed by atoms with E-state index in [0.717, 1.165) is 31.6 Å². The molecule has 4 nitrogen and oxygen atoms in total. The van der Waals surface area contributed by atoms with E-state index in [1.165, 1.54) is 0 Å². The Morgan fingerprint density at radius 2 is 2.05 bits per heavy atom. The molecule has 1 amide bonds. The minimum atomic E-state index is -0.0348. The third kappa shape index (κ3) is 4.16. The zero-order valence-electron chi connectivity index (χ0n) is 12.2. The quantitative estimate of drug-likeness (QED) is 0.744. The highest BCUT2D eigenvalue weighted by atomic mass is 16.1. The Morgan fingerprint density at radius 3 is 2.63 bits per heavy atom. The molecule has 1 aromatic carbocycles. The lowest BCUT2D eigenvalue weighted by molar-refractivity contribution is 0.0956. The Hall–Kier alpha value is -1.71. The molecule has 0 heterocycles. The number of nitrogens with one attached hydrogen (secondary N) is 1. The monoisotopic (exact) mass is 263 g/mol. The van der Waals surface area contributed by atoms with Gasteiger partial charge in [0.25, 0.3) is 5.91 Å². The number of hydrogen-bond acceptors (Lipinski definition) is 3. The minimum absolute atomic E-state index is 0.0348. The lowest BCUT2D eigenvalue weighted by atomic mass is 10.1. The van der Waals surface area contributed by atoms with Crippen LogP contribution in [0.15, 0.2) is 18.2 Å². The molecular weight excluding hydrogens is 238 g/mol. The second kappa shape index (κ2) is 7.67. The van der Waals surface area contributed by atoms with Crippen LogP contribution < -0.4 is 16.0 Å². The van der Waals surface area contributed by atoms with Crippen molar-refractivity contribution in [3.8, 4) is 0 Å². The van der Waals surface area contributed by atoms with Crippen LogP contribution in [0.2, 0.25) is 0 Å². The van der Waals surface area contributed by atoms with Gasteiger partial charge in [0, 0.05) is 25.3 Å². The first-order valence-electron chi connectivity index (χ1n) is 7.06. The number of carbonyl (C=O) groups excluding carboxylic acids is 1. The van der Waals surface area contributed by atoms with E-state index >= 15 is 0 Å². The molecule has 0 saturated heterocycles. The van der Waals surface area contributed by atoms with E-state index in [-0.39, 0.29) is 5.91 Å². The van der Waals surface area contributed by atoms with Crippen molar-refractivity contribution in [1.82, 2.24) is 5.32 Å². The molecule has 0 aromatic heterocycles. The van der Waals surface area contributed by atoms with Gasteiger partial charge in [0.05, 0.1) is 11.3 Å². The van der Waals surface area contributed by atoms with Crippen LogP contribution in [0.4, 0.5) is 11.4 Å². The number of amides is 1. The minimum Gasteiger partial charge on any atom is -0.399 e. The molecule has 1 rings (SSSR count). The van der Waals surface area contributed by atoms with Crippen molar-refractivity contribution in [3.63, 3.8) is 0 Å². The van der Waals surface area contributed by atoms with Crippen molar-refractivity contribution in [2.75, 3.05) is 30.3 Å². The van der Waals surface area contributed by atoms with Crippen molar-refractivity contribution in [2.45, 2.75) is 33.6 Å². The highest BCUT2D eigenvalue weighted by molar-refractivity contribution is 6.00. The highest BCUT2D eigenvalue weighted by Gasteiger charge is 2.15. The molecule has 0 radical (unpaired) electrons. The molecule has 106 valence electrons. The maximum Gasteiger partial charge on any atom is 0.253 e. The molecule has 0 aliphatic carbocycles. The molecule has 1 aromatic rings. The van der Waals surface area contributed by atoms with Crippen LogP contribution in [0.25, 0.3) is 0 Å². The van der Waals surface area contributed by atoms with Gasteiger partial charge in [-0.2, -0.15) is 0 Å². The van der Waals surface area contributed by atoms with Gasteiger partial charge in [-0.05, 0) is 38.5 Å². The van der Waals surface area contributed by atoms with Crippen molar-refractivity contribution >= 4 is 17.3 Å². The number of unbranched alkanes of at least 4 members (excludes halogenated alkanes) is 1. The van der Waals surface area contributed by atoms with Crippen LogP contribution in [0.1, 0.15) is 44.0 Å². The molecule has 0 saturated carbocycles. The summed E-state index contributed by atoms with van der Waals surface area (Å²) in [5, 5.41) is 2.85. The topological polar surface area (TPSA) is 58.4 Å². The summed E-state index contributed by atoms with van der Waals surface area (Å²) in [5.41, 5.74) is 8.19. The molecule has 0 bridgehead atoms. The summed E-state index contributed by atoms with van der Waals surface area (Å²) < 4.78 is 0. The Balaban J connectivity index is 3.07. The van der Waals surface area contributed by atoms with Gasteiger partial charge in [-0.15, -0.1) is 0 Å². The van der Waals surface area contributed by atoms with Gasteiger partial charge in [0.1, 0.15) is 0 Å². The largest absolute Gasteiger partial charge is 0.399 e. The summed E-state index contributed by atoms with van der Waals surface area (Å²) in [5.74, 6) is -0.0348. The van der Waals surface area contributed by atoms with E-state index in [4.69, 9.17) is 5.73 Å². The molecular formula is C15H25N3O. The molecule has 3 N–H and O–H groups in total. The van der Waals surface area contributed by atoms with Crippen molar-refractivity contribution < 1.29 is 4.79 Å². The smallest absolute Gasteiger partial charge is 0.253 e. The predicted molar refractivity (Wildman–Crippen MR) is 81.7 cm³/mol. The van der Waals surface area contributed by atoms with Crippen molar-refractivity contribution in [2.24, 2.45) is 0 Å². The second-order valence-corrected chi connectivity index (χ2v) is 4.57. The molecule has 19 heavy (non-hydrogen) atoms. The summed E-state index contributed by atoms with van der Waals surface area (Å²) >= 11 is 0. The SMILES string of the molecule is CCCCN(CC)c1cc(N)ccc1C(=O)NCC. The fourth-order valence-electron chi connectivity index (χ4n) is 2.06. The molecule has 0 unspecified atom stereocenters. The van der Waals surface area contributed by atoms with Crippen LogP contribution in [0.3, 0.4) is 0 Å². The fraction of sp³-hybridized carbons (Fsp3) is 0.533. The summed E-state index contributed by atoms with van der Waals surface area (Å²) in [7, 11) is 0. The first-order chi connectivity index (χ1) is 9.13. The summed E-state index contributed by atoms with van der Waals surface area (Å²) in [4.78, 5) is 14.3. The van der Waals surface area contributed by atoms with Gasteiger partial charge < -0.3 is 16.0 Å². The number of rotatable bonds is 7. The zero-order valence-corrected chi connectivity index (χ0v) is 12.2. The van der Waals surface area contributed by atoms with Crippen LogP contribution in [0, 0.1) is 0 Å². The zero-order chi connectivity index (χ0) is 14.3. The first-order valence-corrected chi connectivity index (χ1v) is 7.06. The molecule has 4 heteroatoms. The van der Waals surface area contributed by atoms with Gasteiger partial charge in [0.2, 0.25) is 0 Å². The van der Waals surface area contributed by atoms with Crippen LogP contribution in [0.5, 0.6) is 0 Å². The maximum absolute atomic E-state index is 12.1. The van der Waals surface area contributed by atoms with E-state index < -0.39 is 0 Å². The van der Waals surface area contributed by atoms with Crippen LogP contribution >= 0.6 is 0 Å². The third-order valence-electron chi connectivity index (χ3n) is 3.11. The summed E-state index contributed by atoms with van der Waals surface area (Å²) in [6.45, 7) is 8.63. The number of nitrogen functional groups attached to an aromatic ring is 1. The predicted octanol–water partition coefficient (Wildman–Crippen LogP) is 2.64. The Labute approximate surface area is 116 Å². The third-order valence-corrected chi connectivity index (χ3v) is 3.11. The average Bonchev–Trinajstić information content (AvgIpc) is 2.40. The molecule has 0 fully saturated rings. The number of anilines is 2. The normalized spacial score (nSPS) is 10.3. The number of carbonyl (C=O) groups is 1. The summed E-state index contributed by atoms with van der Waals surface area (Å²) in [6, 6.07) is 5.48. The fourth-order valence-corrected chi connectivity index (χ4v) is 2.06. The highest BCUT2D eigenvalue weighted by Crippen LogP contribution is 2.24. The first kappa shape index (κ1) is 15.3. The molecule has 0 atom stereocenters. The lowest BCUT2D eigenvalue weighted by Gasteiger charge is -2.25. The Bertz CT molecular complexity index is 418. The maximum atomic E-state index is 12.1. The Morgan fingerprint density at radius 1 is 1.32 bits per heavy atom. The number of nitrogens with two attached hydrogens (primary N) is 1. The lowest BCUT2D eigenvalue weighted by Crippen LogP contribution is -2.29. The van der Waals surface area contributed by atoms with Crippen molar-refractivity contribution in [3.05, 3.63) is 23.8 Å². The molecule has 0 spiro atoms. The molecule has 0 aliphatic heterocycles. The van der Waals surface area contributed by atoms with Gasteiger partial charge >= 0.3 is 0 Å². The van der Waals surface area contributed by atoms with Gasteiger partial charge in [0.15, 0.2) is 0 Å². The Kier molecular flexibility index (Phi) is 6.19. The number of nitrogens with zero attached hydrogens (tertiary/aromatic N) is 1. The standard InChI is InChI=1S/C15H25N3O/c1-4-7-10-18(6-3)14-11-12(16)8-9-13(14)15(19)17-5-2/h8-9,11H,4-7,10,16H2,1-3H3,(H,17,19). The second-order valence-electron chi connectivity index (χ2n) is 4.57. The van der Waals surface area contributed by atoms with Gasteiger partial charge in [-0.3, -0.25) is 4.79 Å². The van der Waals surface area contributed by atoms with Crippen LogP contribution in [-0.4, -0.2) is 25.5 Å². The van der Waals surface area contributed by atoms with E-state index in [9.17, 15) is 4.79 Å². The van der Waals surface area contributed by atoms with E-state index in [2.05, 4.69) is 24.1 Å². The number of hydrogen-bond donors (Lipinski definition) is 2. The van der Waals surface area contributed by atoms with Gasteiger partial charge in [-0.1, -0.05) is 13.3 Å². The number of benzene rings is 1. The summed E-state index contributed by atoms with van der Waals surface area (Å²) in [6.07, 6.45) is 2.24. The average molecular weight is 263 g/mol. The van der Waals surface area contributed by atoms with E-state index in [1.807, 2.05) is 19.1 Å². The van der Waals surface area contributed by atoms with E-state index in [1.54, 1.807) is 6.07 Å². The molecule has 0 aliphatic rings. The van der Waals surface area contributed by atoms with Crippen LogP contribution in [-0.2, 0) is 0 Å². The van der Waals surface area contributed by atoms with Crippen molar-refractivity contribution in [1.29, 1.82) is 0 Å². The van der Waals surface area contributed by atoms with Gasteiger partial charge in [-0.25, -0.2) is 0 Å².